The Morgan fingerprint density at radius 3 is 2.76 bits per heavy atom. The SMILES string of the molecule is CCN1C(=O)Cc2cc(NC(=O)c3cccc([N+](=O)[O-])c3C)ccc21. The summed E-state index contributed by atoms with van der Waals surface area (Å²) in [6.45, 7) is 4.06. The van der Waals surface area contributed by atoms with Crippen LogP contribution in [0.25, 0.3) is 0 Å². The number of likely N-dealkylation sites (N-methyl/N-ethyl adjacent to an activating group) is 1. The van der Waals surface area contributed by atoms with Crippen LogP contribution in [0.2, 0.25) is 0 Å². The molecule has 0 saturated carbocycles. The molecule has 1 N–H and O–H groups in total. The predicted molar refractivity (Wildman–Crippen MR) is 94.0 cm³/mol. The van der Waals surface area contributed by atoms with Crippen LogP contribution in [0, 0.1) is 17.0 Å². The van der Waals surface area contributed by atoms with E-state index in [0.29, 0.717) is 24.2 Å². The van der Waals surface area contributed by atoms with Crippen LogP contribution in [0.1, 0.15) is 28.4 Å². The van der Waals surface area contributed by atoms with Crippen LogP contribution in [0.3, 0.4) is 0 Å². The molecule has 0 radical (unpaired) electrons. The molecule has 7 heteroatoms. The normalized spacial score (nSPS) is 12.9. The molecule has 0 atom stereocenters. The number of nitrogens with one attached hydrogen (secondary N) is 1. The third kappa shape index (κ3) is 2.96. The number of nitrogens with zero attached hydrogens (tertiary/aromatic N) is 2. The fourth-order valence-corrected chi connectivity index (χ4v) is 3.07. The van der Waals surface area contributed by atoms with E-state index < -0.39 is 10.8 Å². The van der Waals surface area contributed by atoms with Crippen LogP contribution >= 0.6 is 0 Å². The van der Waals surface area contributed by atoms with Crippen LogP contribution in [-0.4, -0.2) is 23.3 Å². The van der Waals surface area contributed by atoms with E-state index in [1.54, 1.807) is 36.1 Å². The highest BCUT2D eigenvalue weighted by molar-refractivity contribution is 6.07. The van der Waals surface area contributed by atoms with Crippen molar-refractivity contribution in [3.63, 3.8) is 0 Å². The lowest BCUT2D eigenvalue weighted by Gasteiger charge is -2.15. The van der Waals surface area contributed by atoms with Crippen LogP contribution in [0.4, 0.5) is 17.1 Å². The second kappa shape index (κ2) is 6.35. The van der Waals surface area contributed by atoms with Crippen molar-refractivity contribution < 1.29 is 14.5 Å². The van der Waals surface area contributed by atoms with E-state index in [4.69, 9.17) is 0 Å². The molecule has 0 saturated heterocycles. The van der Waals surface area contributed by atoms with E-state index >= 15 is 0 Å². The molecule has 0 fully saturated rings. The van der Waals surface area contributed by atoms with E-state index in [1.165, 1.54) is 12.1 Å². The molecule has 3 rings (SSSR count). The summed E-state index contributed by atoms with van der Waals surface area (Å²) in [5, 5.41) is 13.8. The van der Waals surface area contributed by atoms with Crippen molar-refractivity contribution in [2.45, 2.75) is 20.3 Å². The van der Waals surface area contributed by atoms with Crippen molar-refractivity contribution in [3.8, 4) is 0 Å². The Morgan fingerprint density at radius 1 is 1.32 bits per heavy atom. The summed E-state index contributed by atoms with van der Waals surface area (Å²) < 4.78 is 0. The second-order valence-corrected chi connectivity index (χ2v) is 5.82. The predicted octanol–water partition coefficient (Wildman–Crippen LogP) is 3.06. The van der Waals surface area contributed by atoms with E-state index in [-0.39, 0.29) is 17.2 Å². The molecular formula is C18H17N3O4. The van der Waals surface area contributed by atoms with Crippen molar-refractivity contribution in [1.29, 1.82) is 0 Å². The zero-order valence-electron chi connectivity index (χ0n) is 13.9. The van der Waals surface area contributed by atoms with Gasteiger partial charge in [0.1, 0.15) is 0 Å². The average molecular weight is 339 g/mol. The Morgan fingerprint density at radius 2 is 2.08 bits per heavy atom. The number of hydrogen-bond donors (Lipinski definition) is 1. The zero-order valence-corrected chi connectivity index (χ0v) is 13.9. The van der Waals surface area contributed by atoms with E-state index in [9.17, 15) is 19.7 Å². The highest BCUT2D eigenvalue weighted by Gasteiger charge is 2.26. The molecule has 1 aliphatic rings. The number of carbonyl (C=O) groups excluding carboxylic acids is 2. The number of anilines is 2. The largest absolute Gasteiger partial charge is 0.322 e. The van der Waals surface area contributed by atoms with E-state index in [1.807, 2.05) is 6.92 Å². The molecule has 7 nitrogen and oxygen atoms in total. The standard InChI is InChI=1S/C18H17N3O4/c1-3-20-16-8-7-13(9-12(16)10-17(20)22)19-18(23)14-5-4-6-15(11(14)2)21(24)25/h4-9H,3,10H2,1-2H3,(H,19,23). The van der Waals surface area contributed by atoms with Crippen molar-refractivity contribution in [2.24, 2.45) is 0 Å². The van der Waals surface area contributed by atoms with Gasteiger partial charge < -0.3 is 10.2 Å². The maximum absolute atomic E-state index is 12.5. The molecule has 2 aromatic rings. The molecule has 0 aliphatic carbocycles. The van der Waals surface area contributed by atoms with Crippen LogP contribution < -0.4 is 10.2 Å². The summed E-state index contributed by atoms with van der Waals surface area (Å²) in [7, 11) is 0. The minimum atomic E-state index is -0.507. The van der Waals surface area contributed by atoms with Gasteiger partial charge in [-0.15, -0.1) is 0 Å². The van der Waals surface area contributed by atoms with Crippen LogP contribution in [0.15, 0.2) is 36.4 Å². The molecule has 25 heavy (non-hydrogen) atoms. The van der Waals surface area contributed by atoms with Gasteiger partial charge in [-0.25, -0.2) is 0 Å². The highest BCUT2D eigenvalue weighted by Crippen LogP contribution is 2.31. The molecule has 128 valence electrons. The molecule has 0 bridgehead atoms. The third-order valence-corrected chi connectivity index (χ3v) is 4.33. The fraction of sp³-hybridized carbons (Fsp3) is 0.222. The van der Waals surface area contributed by atoms with Crippen LogP contribution in [-0.2, 0) is 11.2 Å². The maximum Gasteiger partial charge on any atom is 0.273 e. The van der Waals surface area contributed by atoms with Crippen molar-refractivity contribution in [2.75, 3.05) is 16.8 Å². The number of hydrogen-bond acceptors (Lipinski definition) is 4. The summed E-state index contributed by atoms with van der Waals surface area (Å²) in [5.74, 6) is -0.381. The number of carbonyl (C=O) groups is 2. The topological polar surface area (TPSA) is 92.6 Å². The van der Waals surface area contributed by atoms with Gasteiger partial charge in [0.15, 0.2) is 0 Å². The summed E-state index contributed by atoms with van der Waals surface area (Å²) in [5.41, 5.74) is 2.75. The van der Waals surface area contributed by atoms with Gasteiger partial charge in [-0.2, -0.15) is 0 Å². The first kappa shape index (κ1) is 16.6. The molecule has 2 aromatic carbocycles. The van der Waals surface area contributed by atoms with Gasteiger partial charge in [0.2, 0.25) is 5.91 Å². The Bertz CT molecular complexity index is 892. The Hall–Kier alpha value is -3.22. The van der Waals surface area contributed by atoms with Gasteiger partial charge in [0.05, 0.1) is 11.3 Å². The molecule has 1 aliphatic heterocycles. The molecule has 2 amide bonds. The van der Waals surface area contributed by atoms with Crippen molar-refractivity contribution in [3.05, 3.63) is 63.2 Å². The number of amides is 2. The lowest BCUT2D eigenvalue weighted by Crippen LogP contribution is -2.25. The highest BCUT2D eigenvalue weighted by atomic mass is 16.6. The Balaban J connectivity index is 1.86. The molecule has 0 aromatic heterocycles. The average Bonchev–Trinajstić information content (AvgIpc) is 2.88. The number of nitro benzene ring substituents is 1. The molecular weight excluding hydrogens is 322 g/mol. The van der Waals surface area contributed by atoms with Gasteiger partial charge >= 0.3 is 0 Å². The van der Waals surface area contributed by atoms with Gasteiger partial charge in [-0.05, 0) is 43.7 Å². The van der Waals surface area contributed by atoms with E-state index in [2.05, 4.69) is 5.32 Å². The summed E-state index contributed by atoms with van der Waals surface area (Å²) >= 11 is 0. The van der Waals surface area contributed by atoms with E-state index in [0.717, 1.165) is 11.3 Å². The first-order valence-corrected chi connectivity index (χ1v) is 7.91. The Kier molecular flexibility index (Phi) is 4.22. The molecule has 0 unspecified atom stereocenters. The maximum atomic E-state index is 12.5. The van der Waals surface area contributed by atoms with Crippen LogP contribution in [0.5, 0.6) is 0 Å². The van der Waals surface area contributed by atoms with Gasteiger partial charge in [0, 0.05) is 35.1 Å². The first-order valence-electron chi connectivity index (χ1n) is 7.91. The Labute approximate surface area is 144 Å². The van der Waals surface area contributed by atoms with Crippen molar-refractivity contribution in [1.82, 2.24) is 0 Å². The smallest absolute Gasteiger partial charge is 0.273 e. The van der Waals surface area contributed by atoms with Gasteiger partial charge in [-0.1, -0.05) is 6.07 Å². The van der Waals surface area contributed by atoms with Crippen molar-refractivity contribution >= 4 is 28.9 Å². The third-order valence-electron chi connectivity index (χ3n) is 4.33. The minimum Gasteiger partial charge on any atom is -0.322 e. The summed E-state index contributed by atoms with van der Waals surface area (Å²) in [4.78, 5) is 36.6. The fourth-order valence-electron chi connectivity index (χ4n) is 3.07. The number of rotatable bonds is 4. The number of fused-ring (bicyclic) bond motifs is 1. The monoisotopic (exact) mass is 339 g/mol. The lowest BCUT2D eigenvalue weighted by molar-refractivity contribution is -0.385. The van der Waals surface area contributed by atoms with Gasteiger partial charge in [0.25, 0.3) is 11.6 Å². The summed E-state index contributed by atoms with van der Waals surface area (Å²) in [6, 6.07) is 9.71. The summed E-state index contributed by atoms with van der Waals surface area (Å²) in [6.07, 6.45) is 0.308. The quantitative estimate of drug-likeness (QED) is 0.684. The molecule has 0 spiro atoms. The molecule has 1 heterocycles. The first-order chi connectivity index (χ1) is 11.9. The number of benzene rings is 2. The minimum absolute atomic E-state index is 0.0375. The zero-order chi connectivity index (χ0) is 18.1. The second-order valence-electron chi connectivity index (χ2n) is 5.82. The lowest BCUT2D eigenvalue weighted by atomic mass is 10.1. The number of nitro groups is 1. The van der Waals surface area contributed by atoms with Gasteiger partial charge in [-0.3, -0.25) is 19.7 Å².